The molecule has 0 radical (unpaired) electrons. The molecule has 2 aliphatic rings. The van der Waals surface area contributed by atoms with Crippen LogP contribution in [-0.2, 0) is 11.3 Å². The van der Waals surface area contributed by atoms with Crippen LogP contribution < -0.4 is 4.74 Å². The van der Waals surface area contributed by atoms with Crippen LogP contribution in [0.3, 0.4) is 0 Å². The van der Waals surface area contributed by atoms with Gasteiger partial charge in [0.05, 0.1) is 12.5 Å². The predicted octanol–water partition coefficient (Wildman–Crippen LogP) is 1.92. The van der Waals surface area contributed by atoms with E-state index in [1.807, 2.05) is 11.0 Å². The molecule has 2 aliphatic heterocycles. The number of ether oxygens (including phenoxy) is 1. The zero-order chi connectivity index (χ0) is 15.6. The van der Waals surface area contributed by atoms with Gasteiger partial charge < -0.3 is 9.64 Å². The molecule has 1 amide bonds. The van der Waals surface area contributed by atoms with Crippen molar-refractivity contribution < 1.29 is 9.53 Å². The minimum atomic E-state index is -0.0778. The second-order valence-electron chi connectivity index (χ2n) is 6.36. The van der Waals surface area contributed by atoms with Gasteiger partial charge in [0.25, 0.3) is 0 Å². The molecule has 5 heteroatoms. The Hall–Kier alpha value is -1.62. The number of hydrogen-bond donors (Lipinski definition) is 0. The van der Waals surface area contributed by atoms with Gasteiger partial charge in [-0.05, 0) is 45.3 Å². The molecule has 0 atom stereocenters. The summed E-state index contributed by atoms with van der Waals surface area (Å²) in [6.07, 6.45) is 4.74. The third kappa shape index (κ3) is 2.70. The van der Waals surface area contributed by atoms with Crippen LogP contribution in [0.25, 0.3) is 0 Å². The third-order valence-electron chi connectivity index (χ3n) is 5.23. The van der Waals surface area contributed by atoms with Gasteiger partial charge in [0.2, 0.25) is 11.8 Å². The van der Waals surface area contributed by atoms with E-state index in [0.717, 1.165) is 57.5 Å². The lowest BCUT2D eigenvalue weighted by atomic mass is 9.77. The first kappa shape index (κ1) is 15.3. The van der Waals surface area contributed by atoms with Crippen LogP contribution in [-0.4, -0.2) is 54.0 Å². The van der Waals surface area contributed by atoms with Crippen LogP contribution in [0.4, 0.5) is 0 Å². The van der Waals surface area contributed by atoms with E-state index in [1.54, 1.807) is 13.3 Å². The molecule has 1 aromatic rings. The molecule has 3 heterocycles. The standard InChI is InChI=1S/C17H25N3O2/c1-3-20-12-8-17(16(20)21)6-10-19(11-7-17)13-14-5-4-9-18-15(14)22-2/h4-5,9H,3,6-8,10-13H2,1-2H3. The maximum absolute atomic E-state index is 12.6. The average Bonchev–Trinajstić information content (AvgIpc) is 2.86. The number of likely N-dealkylation sites (tertiary alicyclic amines) is 2. The van der Waals surface area contributed by atoms with Gasteiger partial charge in [-0.1, -0.05) is 6.07 Å². The fraction of sp³-hybridized carbons (Fsp3) is 0.647. The summed E-state index contributed by atoms with van der Waals surface area (Å²) >= 11 is 0. The van der Waals surface area contributed by atoms with Crippen molar-refractivity contribution in [2.75, 3.05) is 33.3 Å². The minimum absolute atomic E-state index is 0.0778. The highest BCUT2D eigenvalue weighted by Crippen LogP contribution is 2.41. The van der Waals surface area contributed by atoms with Crippen molar-refractivity contribution in [2.24, 2.45) is 5.41 Å². The van der Waals surface area contributed by atoms with Crippen molar-refractivity contribution >= 4 is 5.91 Å². The van der Waals surface area contributed by atoms with E-state index in [1.165, 1.54) is 0 Å². The lowest BCUT2D eigenvalue weighted by molar-refractivity contribution is -0.138. The zero-order valence-electron chi connectivity index (χ0n) is 13.5. The third-order valence-corrected chi connectivity index (χ3v) is 5.23. The van der Waals surface area contributed by atoms with E-state index in [-0.39, 0.29) is 5.41 Å². The summed E-state index contributed by atoms with van der Waals surface area (Å²) in [5.74, 6) is 1.09. The molecule has 0 aliphatic carbocycles. The van der Waals surface area contributed by atoms with Crippen molar-refractivity contribution in [3.8, 4) is 5.88 Å². The largest absolute Gasteiger partial charge is 0.481 e. The summed E-state index contributed by atoms with van der Waals surface area (Å²) in [5.41, 5.74) is 1.04. The fourth-order valence-electron chi connectivity index (χ4n) is 3.77. The Bertz CT molecular complexity index is 538. The smallest absolute Gasteiger partial charge is 0.228 e. The number of hydrogen-bond acceptors (Lipinski definition) is 4. The summed E-state index contributed by atoms with van der Waals surface area (Å²) in [7, 11) is 1.66. The summed E-state index contributed by atoms with van der Waals surface area (Å²) in [6, 6.07) is 4.01. The predicted molar refractivity (Wildman–Crippen MR) is 84.6 cm³/mol. The zero-order valence-corrected chi connectivity index (χ0v) is 13.5. The van der Waals surface area contributed by atoms with Crippen molar-refractivity contribution in [2.45, 2.75) is 32.7 Å². The van der Waals surface area contributed by atoms with Crippen LogP contribution in [0.5, 0.6) is 5.88 Å². The highest BCUT2D eigenvalue weighted by Gasteiger charge is 2.47. The van der Waals surface area contributed by atoms with Crippen LogP contribution >= 0.6 is 0 Å². The molecule has 1 aromatic heterocycles. The SMILES string of the molecule is CCN1CCC2(CCN(Cc3cccnc3OC)CC2)C1=O. The monoisotopic (exact) mass is 303 g/mol. The van der Waals surface area contributed by atoms with Gasteiger partial charge in [0.15, 0.2) is 0 Å². The molecule has 3 rings (SSSR count). The second-order valence-corrected chi connectivity index (χ2v) is 6.36. The van der Waals surface area contributed by atoms with Gasteiger partial charge in [-0.15, -0.1) is 0 Å². The Morgan fingerprint density at radius 2 is 2.00 bits per heavy atom. The number of carbonyl (C=O) groups is 1. The van der Waals surface area contributed by atoms with Gasteiger partial charge >= 0.3 is 0 Å². The van der Waals surface area contributed by atoms with Gasteiger partial charge in [0.1, 0.15) is 0 Å². The summed E-state index contributed by atoms with van der Waals surface area (Å²) in [5, 5.41) is 0. The number of pyridine rings is 1. The number of rotatable bonds is 4. The van der Waals surface area contributed by atoms with Crippen molar-refractivity contribution in [1.29, 1.82) is 0 Å². The van der Waals surface area contributed by atoms with Gasteiger partial charge in [-0.2, -0.15) is 0 Å². The highest BCUT2D eigenvalue weighted by molar-refractivity contribution is 5.85. The Morgan fingerprint density at radius 3 is 2.64 bits per heavy atom. The molecular weight excluding hydrogens is 278 g/mol. The lowest BCUT2D eigenvalue weighted by Crippen LogP contribution is -2.44. The number of methoxy groups -OCH3 is 1. The number of nitrogens with zero attached hydrogens (tertiary/aromatic N) is 3. The van der Waals surface area contributed by atoms with E-state index in [2.05, 4.69) is 22.9 Å². The quantitative estimate of drug-likeness (QED) is 0.852. The Morgan fingerprint density at radius 1 is 1.27 bits per heavy atom. The van der Waals surface area contributed by atoms with Gasteiger partial charge in [-0.25, -0.2) is 4.98 Å². The highest BCUT2D eigenvalue weighted by atomic mass is 16.5. The molecule has 1 spiro atoms. The first-order valence-corrected chi connectivity index (χ1v) is 8.18. The second kappa shape index (κ2) is 6.24. The first-order chi connectivity index (χ1) is 10.7. The molecule has 120 valence electrons. The van der Waals surface area contributed by atoms with Crippen LogP contribution in [0, 0.1) is 5.41 Å². The minimum Gasteiger partial charge on any atom is -0.481 e. The first-order valence-electron chi connectivity index (χ1n) is 8.18. The Kier molecular flexibility index (Phi) is 4.34. The average molecular weight is 303 g/mol. The summed E-state index contributed by atoms with van der Waals surface area (Å²) in [6.45, 7) is 6.64. The molecule has 0 aromatic carbocycles. The van der Waals surface area contributed by atoms with Crippen molar-refractivity contribution in [1.82, 2.24) is 14.8 Å². The normalized spacial score (nSPS) is 21.5. The van der Waals surface area contributed by atoms with E-state index in [0.29, 0.717) is 11.8 Å². The van der Waals surface area contributed by atoms with E-state index in [4.69, 9.17) is 4.74 Å². The van der Waals surface area contributed by atoms with Gasteiger partial charge in [-0.3, -0.25) is 9.69 Å². The molecule has 5 nitrogen and oxygen atoms in total. The molecular formula is C17H25N3O2. The number of aromatic nitrogens is 1. The summed E-state index contributed by atoms with van der Waals surface area (Å²) < 4.78 is 5.33. The number of carbonyl (C=O) groups excluding carboxylic acids is 1. The molecule has 0 unspecified atom stereocenters. The Balaban J connectivity index is 1.62. The molecule has 0 N–H and O–H groups in total. The molecule has 0 saturated carbocycles. The molecule has 0 bridgehead atoms. The van der Waals surface area contributed by atoms with Crippen molar-refractivity contribution in [3.05, 3.63) is 23.9 Å². The van der Waals surface area contributed by atoms with Crippen LogP contribution in [0.2, 0.25) is 0 Å². The number of amides is 1. The summed E-state index contributed by atoms with van der Waals surface area (Å²) in [4.78, 5) is 21.2. The molecule has 2 saturated heterocycles. The topological polar surface area (TPSA) is 45.7 Å². The van der Waals surface area contributed by atoms with E-state index >= 15 is 0 Å². The maximum Gasteiger partial charge on any atom is 0.228 e. The Labute approximate surface area is 132 Å². The van der Waals surface area contributed by atoms with Gasteiger partial charge in [0, 0.05) is 31.4 Å². The van der Waals surface area contributed by atoms with E-state index < -0.39 is 0 Å². The van der Waals surface area contributed by atoms with E-state index in [9.17, 15) is 4.79 Å². The molecule has 2 fully saturated rings. The number of piperidine rings is 1. The lowest BCUT2D eigenvalue weighted by Gasteiger charge is -2.38. The maximum atomic E-state index is 12.6. The van der Waals surface area contributed by atoms with Crippen molar-refractivity contribution in [3.63, 3.8) is 0 Å². The van der Waals surface area contributed by atoms with Crippen LogP contribution in [0.1, 0.15) is 31.7 Å². The molecule has 22 heavy (non-hydrogen) atoms. The fourth-order valence-corrected chi connectivity index (χ4v) is 3.77. The van der Waals surface area contributed by atoms with Crippen LogP contribution in [0.15, 0.2) is 18.3 Å².